The summed E-state index contributed by atoms with van der Waals surface area (Å²) in [4.78, 5) is 37.3. The minimum absolute atomic E-state index is 0.276. The molecule has 2 aromatic rings. The largest absolute Gasteiger partial charge is 0.497 e. The molecular formula is C15H16N4O6. The summed E-state index contributed by atoms with van der Waals surface area (Å²) in [6.45, 7) is 1.23. The van der Waals surface area contributed by atoms with Crippen LogP contribution in [-0.2, 0) is 16.1 Å². The second-order valence-corrected chi connectivity index (χ2v) is 5.14. The van der Waals surface area contributed by atoms with Crippen molar-refractivity contribution in [3.63, 3.8) is 0 Å². The van der Waals surface area contributed by atoms with Crippen molar-refractivity contribution < 1.29 is 24.4 Å². The Morgan fingerprint density at radius 1 is 1.40 bits per heavy atom. The molecule has 1 amide bonds. The number of carbonyl (C=O) groups is 2. The van der Waals surface area contributed by atoms with Gasteiger partial charge >= 0.3 is 11.8 Å². The first kappa shape index (κ1) is 17.9. The van der Waals surface area contributed by atoms with Gasteiger partial charge in [-0.3, -0.25) is 9.36 Å². The number of ether oxygens (including phenoxy) is 1. The van der Waals surface area contributed by atoms with Crippen LogP contribution in [0.4, 0.5) is 5.82 Å². The summed E-state index contributed by atoms with van der Waals surface area (Å²) in [6.07, 6.45) is 1.12. The molecule has 25 heavy (non-hydrogen) atoms. The quantitative estimate of drug-likeness (QED) is 0.563. The van der Waals surface area contributed by atoms with E-state index < -0.39 is 22.8 Å². The molecule has 1 aromatic carbocycles. The number of hydrogen-bond acceptors (Lipinski definition) is 6. The minimum Gasteiger partial charge on any atom is -0.497 e. The molecule has 2 N–H and O–H groups in total. The zero-order chi connectivity index (χ0) is 18.6. The molecule has 1 heterocycles. The number of carboxylic acids is 1. The van der Waals surface area contributed by atoms with Crippen LogP contribution < -0.4 is 10.1 Å². The van der Waals surface area contributed by atoms with Crippen molar-refractivity contribution in [3.05, 3.63) is 52.0 Å². The van der Waals surface area contributed by atoms with Crippen molar-refractivity contribution in [2.75, 3.05) is 7.11 Å². The van der Waals surface area contributed by atoms with Crippen molar-refractivity contribution in [2.45, 2.75) is 19.5 Å². The van der Waals surface area contributed by atoms with Gasteiger partial charge in [-0.2, -0.15) is 0 Å². The average molecular weight is 348 g/mol. The number of amides is 1. The predicted molar refractivity (Wildman–Crippen MR) is 85.1 cm³/mol. The molecule has 0 fully saturated rings. The number of methoxy groups -OCH3 is 1. The molecule has 1 unspecified atom stereocenters. The van der Waals surface area contributed by atoms with Crippen LogP contribution >= 0.6 is 0 Å². The Bertz CT molecular complexity index is 799. The summed E-state index contributed by atoms with van der Waals surface area (Å²) >= 11 is 0. The number of nitrogens with zero attached hydrogens (tertiary/aromatic N) is 3. The van der Waals surface area contributed by atoms with Crippen molar-refractivity contribution >= 4 is 17.7 Å². The number of aryl methyl sites for hydroxylation is 1. The van der Waals surface area contributed by atoms with Gasteiger partial charge in [0, 0.05) is 6.92 Å². The summed E-state index contributed by atoms with van der Waals surface area (Å²) in [6, 6.07) is 4.98. The minimum atomic E-state index is -1.25. The number of aliphatic carboxylic acids is 1. The number of carbonyl (C=O) groups excluding carboxylic acids is 1. The maximum absolute atomic E-state index is 12.1. The van der Waals surface area contributed by atoms with Crippen molar-refractivity contribution in [3.8, 4) is 5.75 Å². The van der Waals surface area contributed by atoms with Gasteiger partial charge in [0.05, 0.1) is 7.11 Å². The van der Waals surface area contributed by atoms with Crippen LogP contribution in [0.1, 0.15) is 17.4 Å². The van der Waals surface area contributed by atoms with Crippen molar-refractivity contribution in [2.24, 2.45) is 0 Å². The fourth-order valence-electron chi connectivity index (χ4n) is 2.19. The van der Waals surface area contributed by atoms with Gasteiger partial charge in [-0.05, 0) is 27.6 Å². The Morgan fingerprint density at radius 2 is 2.04 bits per heavy atom. The highest BCUT2D eigenvalue weighted by Gasteiger charge is 2.23. The third kappa shape index (κ3) is 4.31. The van der Waals surface area contributed by atoms with Gasteiger partial charge in [-0.1, -0.05) is 12.1 Å². The Morgan fingerprint density at radius 3 is 2.52 bits per heavy atom. The van der Waals surface area contributed by atoms with Gasteiger partial charge in [-0.15, -0.1) is 0 Å². The SMILES string of the molecule is COc1ccc(C(NC(=O)Cn2cc([N+](=O)[O-])nc2C)C(=O)O)cc1. The molecule has 0 saturated heterocycles. The molecule has 132 valence electrons. The first-order valence-corrected chi connectivity index (χ1v) is 7.16. The van der Waals surface area contributed by atoms with Crippen molar-refractivity contribution in [1.29, 1.82) is 0 Å². The van der Waals surface area contributed by atoms with E-state index in [1.54, 1.807) is 12.1 Å². The average Bonchev–Trinajstić information content (AvgIpc) is 2.93. The van der Waals surface area contributed by atoms with E-state index in [-0.39, 0.29) is 18.2 Å². The fraction of sp³-hybridized carbons (Fsp3) is 0.267. The normalized spacial score (nSPS) is 11.6. The van der Waals surface area contributed by atoms with Crippen LogP contribution in [0, 0.1) is 17.0 Å². The van der Waals surface area contributed by atoms with E-state index >= 15 is 0 Å². The van der Waals surface area contributed by atoms with Gasteiger partial charge in [0.15, 0.2) is 6.04 Å². The summed E-state index contributed by atoms with van der Waals surface area (Å²) in [5.41, 5.74) is 0.370. The topological polar surface area (TPSA) is 137 Å². The summed E-state index contributed by atoms with van der Waals surface area (Å²) in [7, 11) is 1.48. The number of nitrogens with one attached hydrogen (secondary N) is 1. The van der Waals surface area contributed by atoms with Crippen LogP contribution in [-0.4, -0.2) is 38.6 Å². The Labute approximate surface area is 142 Å². The van der Waals surface area contributed by atoms with E-state index in [2.05, 4.69) is 10.3 Å². The molecule has 1 aromatic heterocycles. The van der Waals surface area contributed by atoms with E-state index in [1.807, 2.05) is 0 Å². The predicted octanol–water partition coefficient (Wildman–Crippen LogP) is 1.05. The summed E-state index contributed by atoms with van der Waals surface area (Å²) in [5, 5.41) is 22.4. The number of aromatic nitrogens is 2. The van der Waals surface area contributed by atoms with E-state index in [9.17, 15) is 24.8 Å². The van der Waals surface area contributed by atoms with Gasteiger partial charge in [0.2, 0.25) is 11.7 Å². The highest BCUT2D eigenvalue weighted by Crippen LogP contribution is 2.18. The molecule has 0 aliphatic carbocycles. The first-order chi connectivity index (χ1) is 11.8. The number of nitro groups is 1. The Kier molecular flexibility index (Phi) is 5.32. The first-order valence-electron chi connectivity index (χ1n) is 7.16. The highest BCUT2D eigenvalue weighted by atomic mass is 16.6. The second-order valence-electron chi connectivity index (χ2n) is 5.14. The number of imidazole rings is 1. The van der Waals surface area contributed by atoms with E-state index in [0.29, 0.717) is 11.3 Å². The molecule has 0 spiro atoms. The molecule has 1 atom stereocenters. The van der Waals surface area contributed by atoms with Crippen LogP contribution in [0.25, 0.3) is 0 Å². The van der Waals surface area contributed by atoms with Crippen LogP contribution in [0.15, 0.2) is 30.5 Å². The number of hydrogen-bond donors (Lipinski definition) is 2. The van der Waals surface area contributed by atoms with Crippen LogP contribution in [0.2, 0.25) is 0 Å². The fourth-order valence-corrected chi connectivity index (χ4v) is 2.19. The van der Waals surface area contributed by atoms with Gasteiger partial charge < -0.3 is 25.3 Å². The second kappa shape index (κ2) is 7.43. The third-order valence-corrected chi connectivity index (χ3v) is 3.47. The van der Waals surface area contributed by atoms with Gasteiger partial charge in [-0.25, -0.2) is 4.79 Å². The highest BCUT2D eigenvalue weighted by molar-refractivity contribution is 5.84. The summed E-state index contributed by atoms with van der Waals surface area (Å²) < 4.78 is 6.28. The lowest BCUT2D eigenvalue weighted by Crippen LogP contribution is -2.36. The maximum Gasteiger partial charge on any atom is 0.381 e. The summed E-state index contributed by atoms with van der Waals surface area (Å²) in [5.74, 6) is -1.39. The molecule has 0 aliphatic heterocycles. The molecule has 0 bridgehead atoms. The molecular weight excluding hydrogens is 332 g/mol. The monoisotopic (exact) mass is 348 g/mol. The van der Waals surface area contributed by atoms with Gasteiger partial charge in [0.25, 0.3) is 0 Å². The maximum atomic E-state index is 12.1. The molecule has 0 saturated carbocycles. The lowest BCUT2D eigenvalue weighted by Gasteiger charge is -2.15. The Balaban J connectivity index is 2.12. The molecule has 2 rings (SSSR count). The van der Waals surface area contributed by atoms with E-state index in [1.165, 1.54) is 30.7 Å². The van der Waals surface area contributed by atoms with Gasteiger partial charge in [0.1, 0.15) is 18.5 Å². The smallest absolute Gasteiger partial charge is 0.381 e. The Hall–Kier alpha value is -3.43. The third-order valence-electron chi connectivity index (χ3n) is 3.47. The standard InChI is InChI=1S/C15H16N4O6/c1-9-16-12(19(23)24)7-18(9)8-13(20)17-14(15(21)22)10-3-5-11(25-2)6-4-10/h3-7,14H,8H2,1-2H3,(H,17,20)(H,21,22). The van der Waals surface area contributed by atoms with Crippen LogP contribution in [0.3, 0.4) is 0 Å². The van der Waals surface area contributed by atoms with E-state index in [0.717, 1.165) is 6.20 Å². The molecule has 10 nitrogen and oxygen atoms in total. The van der Waals surface area contributed by atoms with E-state index in [4.69, 9.17) is 4.74 Å². The zero-order valence-electron chi connectivity index (χ0n) is 13.5. The molecule has 0 aliphatic rings. The number of rotatable bonds is 7. The van der Waals surface area contributed by atoms with Crippen LogP contribution in [0.5, 0.6) is 5.75 Å². The number of carboxylic acid groups (broad SMARTS) is 1. The lowest BCUT2D eigenvalue weighted by atomic mass is 10.1. The number of benzene rings is 1. The zero-order valence-corrected chi connectivity index (χ0v) is 13.5. The molecule has 0 radical (unpaired) electrons. The van der Waals surface area contributed by atoms with Crippen molar-refractivity contribution in [1.82, 2.24) is 14.9 Å². The lowest BCUT2D eigenvalue weighted by molar-refractivity contribution is -0.389. The molecule has 10 heteroatoms.